The highest BCUT2D eigenvalue weighted by atomic mass is 19.4. The predicted molar refractivity (Wildman–Crippen MR) is 67.1 cm³/mol. The molecule has 0 saturated carbocycles. The summed E-state index contributed by atoms with van der Waals surface area (Å²) in [4.78, 5) is 22.6. The van der Waals surface area contributed by atoms with E-state index in [1.807, 2.05) is 5.10 Å². The minimum absolute atomic E-state index is 0.0458. The molecule has 0 aliphatic carbocycles. The third kappa shape index (κ3) is 3.33. The zero-order valence-electron chi connectivity index (χ0n) is 10.9. The number of esters is 1. The Kier molecular flexibility index (Phi) is 3.88. The van der Waals surface area contributed by atoms with Crippen molar-refractivity contribution in [2.75, 3.05) is 7.11 Å². The smallest absolute Gasteiger partial charge is 0.432 e. The number of aromatic nitrogens is 2. The zero-order valence-corrected chi connectivity index (χ0v) is 10.9. The number of halogens is 3. The van der Waals surface area contributed by atoms with Crippen molar-refractivity contribution in [3.05, 3.63) is 51.9 Å². The van der Waals surface area contributed by atoms with Gasteiger partial charge in [-0.2, -0.15) is 13.2 Å². The van der Waals surface area contributed by atoms with E-state index in [0.717, 1.165) is 4.68 Å². The van der Waals surface area contributed by atoms with Crippen LogP contribution in [0.25, 0.3) is 5.69 Å². The standard InChI is InChI=1S/C13H11F3N2O3/c1-21-12(20)6-8-2-4-9(5-3-8)18-11(19)7-10(17-18)13(14,15)16/h2-5,7,17H,6H2,1H3. The summed E-state index contributed by atoms with van der Waals surface area (Å²) < 4.78 is 42.8. The molecular formula is C13H11F3N2O3. The summed E-state index contributed by atoms with van der Waals surface area (Å²) in [5.41, 5.74) is -1.07. The minimum atomic E-state index is -4.62. The van der Waals surface area contributed by atoms with Gasteiger partial charge in [0.05, 0.1) is 19.2 Å². The van der Waals surface area contributed by atoms with Crippen LogP contribution in [-0.2, 0) is 22.1 Å². The third-order valence-electron chi connectivity index (χ3n) is 2.80. The Morgan fingerprint density at radius 3 is 2.38 bits per heavy atom. The molecule has 0 unspecified atom stereocenters. The van der Waals surface area contributed by atoms with Gasteiger partial charge in [0.15, 0.2) is 0 Å². The van der Waals surface area contributed by atoms with Crippen LogP contribution in [0.5, 0.6) is 0 Å². The maximum atomic E-state index is 12.5. The van der Waals surface area contributed by atoms with Gasteiger partial charge in [-0.1, -0.05) is 12.1 Å². The first-order valence-electron chi connectivity index (χ1n) is 5.86. The molecule has 21 heavy (non-hydrogen) atoms. The molecule has 0 aliphatic heterocycles. The largest absolute Gasteiger partial charge is 0.469 e. The Bertz CT molecular complexity index is 699. The number of carbonyl (C=O) groups is 1. The van der Waals surface area contributed by atoms with Crippen LogP contribution in [0.3, 0.4) is 0 Å². The van der Waals surface area contributed by atoms with Gasteiger partial charge < -0.3 is 4.74 Å². The number of hydrogen-bond acceptors (Lipinski definition) is 3. The van der Waals surface area contributed by atoms with Gasteiger partial charge in [0.2, 0.25) is 0 Å². The summed E-state index contributed by atoms with van der Waals surface area (Å²) in [6.07, 6.45) is -4.57. The van der Waals surface area contributed by atoms with Gasteiger partial charge in [0, 0.05) is 6.07 Å². The van der Waals surface area contributed by atoms with Crippen molar-refractivity contribution in [1.82, 2.24) is 9.78 Å². The van der Waals surface area contributed by atoms with Gasteiger partial charge in [0.1, 0.15) is 5.69 Å². The summed E-state index contributed by atoms with van der Waals surface area (Å²) >= 11 is 0. The molecule has 1 heterocycles. The highest BCUT2D eigenvalue weighted by Gasteiger charge is 2.33. The number of alkyl halides is 3. The Hall–Kier alpha value is -2.51. The lowest BCUT2D eigenvalue weighted by atomic mass is 10.1. The molecule has 0 saturated heterocycles. The van der Waals surface area contributed by atoms with Gasteiger partial charge >= 0.3 is 12.1 Å². The number of carbonyl (C=O) groups excluding carboxylic acids is 1. The second kappa shape index (κ2) is 5.47. The van der Waals surface area contributed by atoms with E-state index in [1.165, 1.54) is 31.4 Å². The van der Waals surface area contributed by atoms with Gasteiger partial charge in [-0.25, -0.2) is 4.68 Å². The number of methoxy groups -OCH3 is 1. The SMILES string of the molecule is COC(=O)Cc1ccc(-n2[nH]c(C(F)(F)F)cc2=O)cc1. The number of ether oxygens (including phenoxy) is 1. The minimum Gasteiger partial charge on any atom is -0.469 e. The fraction of sp³-hybridized carbons (Fsp3) is 0.231. The summed E-state index contributed by atoms with van der Waals surface area (Å²) in [6, 6.07) is 6.44. The Balaban J connectivity index is 2.29. The maximum absolute atomic E-state index is 12.5. The first kappa shape index (κ1) is 14.9. The van der Waals surface area contributed by atoms with Crippen LogP contribution >= 0.6 is 0 Å². The van der Waals surface area contributed by atoms with Crippen LogP contribution in [0.4, 0.5) is 13.2 Å². The molecule has 0 spiro atoms. The molecule has 0 aliphatic rings. The highest BCUT2D eigenvalue weighted by molar-refractivity contribution is 5.72. The van der Waals surface area contributed by atoms with Crippen LogP contribution in [-0.4, -0.2) is 22.9 Å². The molecule has 2 aromatic rings. The Labute approximate surface area is 116 Å². The van der Waals surface area contributed by atoms with Crippen LogP contribution in [0.1, 0.15) is 11.3 Å². The van der Waals surface area contributed by atoms with Crippen molar-refractivity contribution in [2.24, 2.45) is 0 Å². The van der Waals surface area contributed by atoms with Crippen molar-refractivity contribution >= 4 is 5.97 Å². The van der Waals surface area contributed by atoms with E-state index in [1.54, 1.807) is 0 Å². The van der Waals surface area contributed by atoms with E-state index in [-0.39, 0.29) is 12.1 Å². The zero-order chi connectivity index (χ0) is 15.6. The lowest BCUT2D eigenvalue weighted by Crippen LogP contribution is -2.13. The summed E-state index contributed by atoms with van der Waals surface area (Å²) in [5.74, 6) is -0.431. The molecule has 0 radical (unpaired) electrons. The van der Waals surface area contributed by atoms with Crippen LogP contribution in [0, 0.1) is 0 Å². The van der Waals surface area contributed by atoms with Crippen molar-refractivity contribution in [3.63, 3.8) is 0 Å². The van der Waals surface area contributed by atoms with E-state index in [9.17, 15) is 22.8 Å². The van der Waals surface area contributed by atoms with E-state index in [2.05, 4.69) is 4.74 Å². The lowest BCUT2D eigenvalue weighted by molar-refractivity contribution is -0.141. The molecule has 8 heteroatoms. The number of rotatable bonds is 3. The predicted octanol–water partition coefficient (Wildman–Crippen LogP) is 1.90. The summed E-state index contributed by atoms with van der Waals surface area (Å²) in [5, 5.41) is 2.00. The van der Waals surface area contributed by atoms with Gasteiger partial charge in [-0.3, -0.25) is 14.7 Å². The lowest BCUT2D eigenvalue weighted by Gasteiger charge is -2.05. The fourth-order valence-electron chi connectivity index (χ4n) is 1.73. The number of hydrogen-bond donors (Lipinski definition) is 1. The van der Waals surface area contributed by atoms with E-state index < -0.39 is 23.4 Å². The monoisotopic (exact) mass is 300 g/mol. The summed E-state index contributed by atoms with van der Waals surface area (Å²) in [7, 11) is 1.26. The Morgan fingerprint density at radius 1 is 1.29 bits per heavy atom. The number of nitrogens with zero attached hydrogens (tertiary/aromatic N) is 1. The van der Waals surface area contributed by atoms with E-state index in [4.69, 9.17) is 0 Å². The van der Waals surface area contributed by atoms with Crippen molar-refractivity contribution in [2.45, 2.75) is 12.6 Å². The molecule has 0 amide bonds. The highest BCUT2D eigenvalue weighted by Crippen LogP contribution is 2.26. The number of H-pyrrole nitrogens is 1. The number of aromatic amines is 1. The average molecular weight is 300 g/mol. The van der Waals surface area contributed by atoms with Gasteiger partial charge in [-0.05, 0) is 17.7 Å². The number of nitrogens with one attached hydrogen (secondary N) is 1. The third-order valence-corrected chi connectivity index (χ3v) is 2.80. The van der Waals surface area contributed by atoms with Gasteiger partial charge in [-0.15, -0.1) is 0 Å². The van der Waals surface area contributed by atoms with E-state index >= 15 is 0 Å². The normalized spacial score (nSPS) is 11.4. The molecule has 1 aromatic heterocycles. The van der Waals surface area contributed by atoms with Crippen molar-refractivity contribution < 1.29 is 22.7 Å². The first-order chi connectivity index (χ1) is 9.81. The molecule has 0 fully saturated rings. The number of benzene rings is 1. The van der Waals surface area contributed by atoms with Crippen LogP contribution < -0.4 is 5.56 Å². The fourth-order valence-corrected chi connectivity index (χ4v) is 1.73. The topological polar surface area (TPSA) is 64.1 Å². The van der Waals surface area contributed by atoms with Gasteiger partial charge in [0.25, 0.3) is 5.56 Å². The van der Waals surface area contributed by atoms with Crippen LogP contribution in [0.15, 0.2) is 35.1 Å². The molecule has 112 valence electrons. The van der Waals surface area contributed by atoms with Crippen molar-refractivity contribution in [3.8, 4) is 5.69 Å². The second-order valence-corrected chi connectivity index (χ2v) is 4.26. The molecule has 0 bridgehead atoms. The molecule has 2 rings (SSSR count). The first-order valence-corrected chi connectivity index (χ1v) is 5.86. The molecule has 0 atom stereocenters. The van der Waals surface area contributed by atoms with E-state index in [0.29, 0.717) is 11.6 Å². The molecule has 5 nitrogen and oxygen atoms in total. The molecular weight excluding hydrogens is 289 g/mol. The average Bonchev–Trinajstić information content (AvgIpc) is 2.81. The maximum Gasteiger partial charge on any atom is 0.432 e. The quantitative estimate of drug-likeness (QED) is 0.881. The van der Waals surface area contributed by atoms with Crippen LogP contribution in [0.2, 0.25) is 0 Å². The second-order valence-electron chi connectivity index (χ2n) is 4.26. The summed E-state index contributed by atoms with van der Waals surface area (Å²) in [6.45, 7) is 0. The molecule has 1 aromatic carbocycles. The molecule has 1 N–H and O–H groups in total. The Morgan fingerprint density at radius 2 is 1.90 bits per heavy atom. The van der Waals surface area contributed by atoms with Crippen molar-refractivity contribution in [1.29, 1.82) is 0 Å².